The number of halogens is 3. The predicted octanol–water partition coefficient (Wildman–Crippen LogP) is 5.86. The van der Waals surface area contributed by atoms with Crippen LogP contribution >= 0.6 is 27.3 Å². The van der Waals surface area contributed by atoms with Gasteiger partial charge in [-0.05, 0) is 45.6 Å². The monoisotopic (exact) mass is 503 g/mol. The van der Waals surface area contributed by atoms with Crippen molar-refractivity contribution in [3.63, 3.8) is 0 Å². The van der Waals surface area contributed by atoms with Crippen molar-refractivity contribution >= 4 is 39.0 Å². The number of thiophene rings is 1. The van der Waals surface area contributed by atoms with E-state index in [2.05, 4.69) is 26.3 Å². The van der Waals surface area contributed by atoms with Gasteiger partial charge in [-0.2, -0.15) is 5.10 Å². The van der Waals surface area contributed by atoms with Crippen LogP contribution in [0.5, 0.6) is 5.75 Å². The number of hydrogen-bond donors (Lipinski definition) is 1. The molecule has 9 heteroatoms. The highest BCUT2D eigenvalue weighted by molar-refractivity contribution is 9.10. The number of nitrogens with zero attached hydrogens (tertiary/aromatic N) is 2. The van der Waals surface area contributed by atoms with E-state index in [4.69, 9.17) is 4.74 Å². The van der Waals surface area contributed by atoms with E-state index in [1.165, 1.54) is 29.5 Å². The molecule has 0 aliphatic heterocycles. The molecule has 0 unspecified atom stereocenters. The van der Waals surface area contributed by atoms with Gasteiger partial charge in [0.25, 0.3) is 5.91 Å². The van der Waals surface area contributed by atoms with Gasteiger partial charge in [0.1, 0.15) is 24.0 Å². The number of aromatic nitrogens is 2. The summed E-state index contributed by atoms with van der Waals surface area (Å²) < 4.78 is 34.8. The minimum absolute atomic E-state index is 0.216. The molecular weight excluding hydrogens is 488 g/mol. The lowest BCUT2D eigenvalue weighted by atomic mass is 10.2. The fourth-order valence-electron chi connectivity index (χ4n) is 2.83. The molecule has 31 heavy (non-hydrogen) atoms. The highest BCUT2D eigenvalue weighted by Gasteiger charge is 2.15. The molecule has 158 valence electrons. The smallest absolute Gasteiger partial charge is 0.266 e. The van der Waals surface area contributed by atoms with Gasteiger partial charge in [-0.25, -0.2) is 8.78 Å². The van der Waals surface area contributed by atoms with E-state index in [0.717, 1.165) is 5.56 Å². The number of hydrogen-bond acceptors (Lipinski definition) is 4. The summed E-state index contributed by atoms with van der Waals surface area (Å²) in [6.45, 7) is 0.454. The Morgan fingerprint density at radius 1 is 1.16 bits per heavy atom. The molecule has 0 atom stereocenters. The Kier molecular flexibility index (Phi) is 6.43. The molecule has 0 bridgehead atoms. The van der Waals surface area contributed by atoms with Gasteiger partial charge >= 0.3 is 0 Å². The predicted molar refractivity (Wildman–Crippen MR) is 118 cm³/mol. The molecule has 4 rings (SSSR count). The summed E-state index contributed by atoms with van der Waals surface area (Å²) in [5.41, 5.74) is 1.29. The van der Waals surface area contributed by atoms with Gasteiger partial charge in [0.05, 0.1) is 15.9 Å². The van der Waals surface area contributed by atoms with E-state index in [-0.39, 0.29) is 30.7 Å². The molecule has 0 spiro atoms. The third-order valence-electron chi connectivity index (χ3n) is 4.32. The average molecular weight is 504 g/mol. The van der Waals surface area contributed by atoms with Crippen molar-refractivity contribution < 1.29 is 18.3 Å². The van der Waals surface area contributed by atoms with Gasteiger partial charge in [0.2, 0.25) is 0 Å². The summed E-state index contributed by atoms with van der Waals surface area (Å²) in [6, 6.07) is 14.0. The van der Waals surface area contributed by atoms with Crippen molar-refractivity contribution in [3.8, 4) is 5.75 Å². The minimum Gasteiger partial charge on any atom is -0.489 e. The van der Waals surface area contributed by atoms with Gasteiger partial charge in [0.15, 0.2) is 5.82 Å². The Hall–Kier alpha value is -3.04. The summed E-state index contributed by atoms with van der Waals surface area (Å²) in [4.78, 5) is 13.1. The Morgan fingerprint density at radius 2 is 2.00 bits per heavy atom. The number of benzene rings is 2. The number of rotatable bonds is 7. The van der Waals surface area contributed by atoms with Crippen LogP contribution in [0, 0.1) is 11.6 Å². The zero-order valence-electron chi connectivity index (χ0n) is 16.0. The summed E-state index contributed by atoms with van der Waals surface area (Å²) in [6.07, 6.45) is 1.68. The van der Waals surface area contributed by atoms with Crippen molar-refractivity contribution in [2.75, 3.05) is 5.32 Å². The fourth-order valence-corrected chi connectivity index (χ4v) is 4.03. The number of ether oxygens (including phenoxy) is 1. The van der Waals surface area contributed by atoms with Crippen molar-refractivity contribution in [2.24, 2.45) is 0 Å². The van der Waals surface area contributed by atoms with Crippen molar-refractivity contribution in [1.82, 2.24) is 9.78 Å². The van der Waals surface area contributed by atoms with Crippen LogP contribution in [0.25, 0.3) is 0 Å². The SMILES string of the molecule is O=C(Nc1nn(Cc2ccccc2F)cc1Br)c1cc(COc2cccc(F)c2)cs1. The molecule has 0 saturated carbocycles. The number of amides is 1. The van der Waals surface area contributed by atoms with Gasteiger partial charge in [-0.1, -0.05) is 24.3 Å². The quantitative estimate of drug-likeness (QED) is 0.343. The first-order valence-corrected chi connectivity index (χ1v) is 10.9. The molecular formula is C22H16BrF2N3O2S. The van der Waals surface area contributed by atoms with Crippen molar-refractivity contribution in [2.45, 2.75) is 13.2 Å². The molecule has 4 aromatic rings. The van der Waals surface area contributed by atoms with Gasteiger partial charge in [0, 0.05) is 23.4 Å². The first-order valence-electron chi connectivity index (χ1n) is 9.21. The lowest BCUT2D eigenvalue weighted by molar-refractivity contribution is 0.103. The molecule has 2 aromatic heterocycles. The first-order chi connectivity index (χ1) is 15.0. The molecule has 0 aliphatic rings. The highest BCUT2D eigenvalue weighted by atomic mass is 79.9. The first kappa shape index (κ1) is 21.2. The zero-order valence-corrected chi connectivity index (χ0v) is 18.4. The van der Waals surface area contributed by atoms with Crippen LogP contribution in [0.3, 0.4) is 0 Å². The third kappa shape index (κ3) is 5.36. The molecule has 1 amide bonds. The minimum atomic E-state index is -0.372. The third-order valence-corrected chi connectivity index (χ3v) is 5.88. The number of carbonyl (C=O) groups excluding carboxylic acids is 1. The summed E-state index contributed by atoms with van der Waals surface area (Å²) >= 11 is 4.64. The molecule has 0 aliphatic carbocycles. The number of anilines is 1. The van der Waals surface area contributed by atoms with E-state index in [0.29, 0.717) is 26.5 Å². The molecule has 2 aromatic carbocycles. The van der Waals surface area contributed by atoms with Gasteiger partial charge in [-0.15, -0.1) is 11.3 Å². The van der Waals surface area contributed by atoms with E-state index in [1.807, 2.05) is 0 Å². The second-order valence-corrected chi connectivity index (χ2v) is 8.40. The fraction of sp³-hybridized carbons (Fsp3) is 0.0909. The average Bonchev–Trinajstić information content (AvgIpc) is 3.35. The summed E-state index contributed by atoms with van der Waals surface area (Å²) in [7, 11) is 0. The van der Waals surface area contributed by atoms with Crippen LogP contribution in [-0.2, 0) is 13.2 Å². The molecule has 2 heterocycles. The Morgan fingerprint density at radius 3 is 2.81 bits per heavy atom. The van der Waals surface area contributed by atoms with Crippen LogP contribution in [0.15, 0.2) is 70.6 Å². The Balaban J connectivity index is 1.38. The maximum Gasteiger partial charge on any atom is 0.266 e. The van der Waals surface area contributed by atoms with Crippen LogP contribution in [0.4, 0.5) is 14.6 Å². The van der Waals surface area contributed by atoms with Crippen LogP contribution in [0.1, 0.15) is 20.8 Å². The molecule has 0 radical (unpaired) electrons. The largest absolute Gasteiger partial charge is 0.489 e. The Bertz CT molecular complexity index is 1220. The van der Waals surface area contributed by atoms with E-state index in [1.54, 1.807) is 52.7 Å². The second kappa shape index (κ2) is 9.40. The molecule has 5 nitrogen and oxygen atoms in total. The highest BCUT2D eigenvalue weighted by Crippen LogP contribution is 2.24. The molecule has 0 fully saturated rings. The number of carbonyl (C=O) groups is 1. The normalized spacial score (nSPS) is 10.8. The van der Waals surface area contributed by atoms with Crippen molar-refractivity contribution in [1.29, 1.82) is 0 Å². The number of nitrogens with one attached hydrogen (secondary N) is 1. The van der Waals surface area contributed by atoms with E-state index in [9.17, 15) is 13.6 Å². The van der Waals surface area contributed by atoms with Gasteiger partial charge in [-0.3, -0.25) is 9.48 Å². The second-order valence-electron chi connectivity index (χ2n) is 6.63. The van der Waals surface area contributed by atoms with E-state index < -0.39 is 0 Å². The van der Waals surface area contributed by atoms with Gasteiger partial charge < -0.3 is 10.1 Å². The maximum absolute atomic E-state index is 13.9. The lowest BCUT2D eigenvalue weighted by Gasteiger charge is -2.04. The van der Waals surface area contributed by atoms with Crippen LogP contribution < -0.4 is 10.1 Å². The maximum atomic E-state index is 13.9. The van der Waals surface area contributed by atoms with Crippen LogP contribution in [-0.4, -0.2) is 15.7 Å². The summed E-state index contributed by atoms with van der Waals surface area (Å²) in [5.74, 6) is -0.248. The molecule has 0 saturated heterocycles. The van der Waals surface area contributed by atoms with Crippen molar-refractivity contribution in [3.05, 3.63) is 98.3 Å². The summed E-state index contributed by atoms with van der Waals surface area (Å²) in [5, 5.41) is 8.87. The standard InChI is InChI=1S/C22H16BrF2N3O2S/c23-18-11-28(10-15-4-1-2-7-19(15)25)27-21(18)26-22(29)20-8-14(13-31-20)12-30-17-6-3-5-16(24)9-17/h1-9,11,13H,10,12H2,(H,26,27,29). The Labute approximate surface area is 189 Å². The topological polar surface area (TPSA) is 56.2 Å². The molecule has 1 N–H and O–H groups in total. The van der Waals surface area contributed by atoms with Crippen LogP contribution in [0.2, 0.25) is 0 Å². The lowest BCUT2D eigenvalue weighted by Crippen LogP contribution is -2.12. The van der Waals surface area contributed by atoms with E-state index >= 15 is 0 Å². The zero-order chi connectivity index (χ0) is 21.8.